The first-order valence-corrected chi connectivity index (χ1v) is 14.5. The summed E-state index contributed by atoms with van der Waals surface area (Å²) in [6, 6.07) is 7.49. The minimum absolute atomic E-state index is 0.256. The number of imidazole rings is 1. The van der Waals surface area contributed by atoms with Crippen LogP contribution in [0, 0.1) is 6.92 Å². The van der Waals surface area contributed by atoms with Gasteiger partial charge in [0.15, 0.2) is 5.67 Å². The third kappa shape index (κ3) is 5.46. The Kier molecular flexibility index (Phi) is 7.18. The van der Waals surface area contributed by atoms with E-state index in [1.54, 1.807) is 12.4 Å². The van der Waals surface area contributed by atoms with Gasteiger partial charge in [0.1, 0.15) is 6.10 Å². The van der Waals surface area contributed by atoms with Gasteiger partial charge >= 0.3 is 0 Å². The van der Waals surface area contributed by atoms with Crippen LogP contribution in [0.5, 0.6) is 6.01 Å². The monoisotopic (exact) mass is 533 g/mol. The Morgan fingerprint density at radius 3 is 2.46 bits per heavy atom. The molecule has 0 radical (unpaired) electrons. The second-order valence-electron chi connectivity index (χ2n) is 11.6. The molecule has 6 rings (SSSR count). The Morgan fingerprint density at radius 1 is 1.08 bits per heavy atom. The zero-order valence-corrected chi connectivity index (χ0v) is 23.0. The highest BCUT2D eigenvalue weighted by molar-refractivity contribution is 5.77. The number of halogens is 1. The molecule has 1 aliphatic carbocycles. The molecule has 1 aromatic carbocycles. The summed E-state index contributed by atoms with van der Waals surface area (Å²) in [6.45, 7) is 10.0. The molecule has 0 amide bonds. The van der Waals surface area contributed by atoms with E-state index < -0.39 is 5.67 Å². The molecule has 3 aliphatic rings. The molecular formula is C30H40FN7O. The number of piperidine rings is 2. The molecule has 0 bridgehead atoms. The average molecular weight is 534 g/mol. The van der Waals surface area contributed by atoms with Crippen LogP contribution in [0.4, 0.5) is 10.3 Å². The lowest BCUT2D eigenvalue weighted by Crippen LogP contribution is -2.47. The van der Waals surface area contributed by atoms with E-state index in [0.29, 0.717) is 38.2 Å². The van der Waals surface area contributed by atoms with Crippen molar-refractivity contribution in [2.75, 3.05) is 31.9 Å². The van der Waals surface area contributed by atoms with E-state index in [1.807, 2.05) is 0 Å². The summed E-state index contributed by atoms with van der Waals surface area (Å²) in [5.74, 6) is 0.272. The molecule has 39 heavy (non-hydrogen) atoms. The summed E-state index contributed by atoms with van der Waals surface area (Å²) in [4.78, 5) is 17.5. The number of nitrogens with zero attached hydrogens (tertiary/aromatic N) is 6. The summed E-state index contributed by atoms with van der Waals surface area (Å²) < 4.78 is 25.0. The average Bonchev–Trinajstić information content (AvgIpc) is 3.58. The van der Waals surface area contributed by atoms with Crippen LogP contribution in [0.15, 0.2) is 42.9 Å². The Morgan fingerprint density at radius 2 is 1.77 bits per heavy atom. The zero-order valence-electron chi connectivity index (χ0n) is 23.0. The first-order valence-electron chi connectivity index (χ1n) is 14.5. The van der Waals surface area contributed by atoms with Crippen LogP contribution in [-0.2, 0) is 6.54 Å². The number of benzene rings is 1. The predicted molar refractivity (Wildman–Crippen MR) is 151 cm³/mol. The number of likely N-dealkylation sites (tertiary alicyclic amines) is 2. The third-order valence-electron chi connectivity index (χ3n) is 8.90. The summed E-state index contributed by atoms with van der Waals surface area (Å²) in [5, 5.41) is 0. The van der Waals surface area contributed by atoms with Crippen LogP contribution < -0.4 is 10.5 Å². The Balaban J connectivity index is 1.09. The Bertz CT molecular complexity index is 1300. The lowest BCUT2D eigenvalue weighted by atomic mass is 9.88. The number of fused-ring (bicyclic) bond motifs is 1. The summed E-state index contributed by atoms with van der Waals surface area (Å²) in [6.07, 6.45) is 11.1. The lowest BCUT2D eigenvalue weighted by Gasteiger charge is -2.44. The predicted octanol–water partition coefficient (Wildman–Crippen LogP) is 5.19. The SMILES string of the molecule is C=C(N1CCC(n2c(OC3CCCC3)nc3cc(C)ccc32)CC1)C1(F)CCN(Cc2cnc(N)nc2)CC1. The number of allylic oxidation sites excluding steroid dienone is 1. The van der Waals surface area contributed by atoms with Crippen LogP contribution in [0.2, 0.25) is 0 Å². The van der Waals surface area contributed by atoms with Crippen molar-refractivity contribution in [3.63, 3.8) is 0 Å². The maximum atomic E-state index is 16.2. The number of aryl methyl sites for hydroxylation is 1. The largest absolute Gasteiger partial charge is 0.461 e. The van der Waals surface area contributed by atoms with Gasteiger partial charge in [-0.15, -0.1) is 0 Å². The third-order valence-corrected chi connectivity index (χ3v) is 8.90. The number of nitrogens with two attached hydrogens (primary N) is 1. The van der Waals surface area contributed by atoms with Gasteiger partial charge in [0.2, 0.25) is 5.95 Å². The highest BCUT2D eigenvalue weighted by Gasteiger charge is 2.40. The number of anilines is 1. The lowest BCUT2D eigenvalue weighted by molar-refractivity contribution is 0.0516. The standard InChI is InChI=1S/C30H40FN7O/c1-21-7-8-27-26(17-21)35-29(39-25-5-3-4-6-25)38(27)24-9-13-37(14-10-24)22(2)30(31)11-15-36(16-12-30)20-23-18-33-28(32)34-19-23/h7-8,17-19,24-25H,2-6,9-16,20H2,1H3,(H2,32,33,34). The molecule has 0 atom stereocenters. The van der Waals surface area contributed by atoms with Gasteiger partial charge in [0.25, 0.3) is 6.01 Å². The van der Waals surface area contributed by atoms with E-state index in [1.165, 1.54) is 18.4 Å². The van der Waals surface area contributed by atoms with Crippen LogP contribution in [-0.4, -0.2) is 67.3 Å². The fraction of sp³-hybridized carbons (Fsp3) is 0.567. The minimum atomic E-state index is -1.36. The number of hydrogen-bond donors (Lipinski definition) is 1. The van der Waals surface area contributed by atoms with Gasteiger partial charge in [-0.3, -0.25) is 9.47 Å². The van der Waals surface area contributed by atoms with Crippen LogP contribution in [0.25, 0.3) is 11.0 Å². The van der Waals surface area contributed by atoms with Crippen molar-refractivity contribution < 1.29 is 9.13 Å². The van der Waals surface area contributed by atoms with Crippen molar-refractivity contribution in [1.82, 2.24) is 29.3 Å². The van der Waals surface area contributed by atoms with E-state index in [9.17, 15) is 0 Å². The van der Waals surface area contributed by atoms with Crippen molar-refractivity contribution in [3.8, 4) is 6.01 Å². The van der Waals surface area contributed by atoms with E-state index in [4.69, 9.17) is 15.5 Å². The highest BCUT2D eigenvalue weighted by atomic mass is 19.1. The quantitative estimate of drug-likeness (QED) is 0.447. The van der Waals surface area contributed by atoms with Crippen molar-refractivity contribution in [2.45, 2.75) is 82.6 Å². The summed E-state index contributed by atoms with van der Waals surface area (Å²) >= 11 is 0. The number of ether oxygens (including phenoxy) is 1. The maximum Gasteiger partial charge on any atom is 0.297 e. The van der Waals surface area contributed by atoms with Crippen molar-refractivity contribution in [3.05, 3.63) is 54.0 Å². The first kappa shape index (κ1) is 26.0. The number of nitrogen functional groups attached to an aromatic ring is 1. The van der Waals surface area contributed by atoms with E-state index >= 15 is 4.39 Å². The second kappa shape index (κ2) is 10.8. The van der Waals surface area contributed by atoms with E-state index in [2.05, 4.69) is 56.0 Å². The van der Waals surface area contributed by atoms with Crippen molar-refractivity contribution >= 4 is 17.0 Å². The second-order valence-corrected chi connectivity index (χ2v) is 11.6. The van der Waals surface area contributed by atoms with Crippen LogP contribution in [0.1, 0.15) is 68.5 Å². The molecule has 2 N–H and O–H groups in total. The molecule has 4 heterocycles. The molecular weight excluding hydrogens is 493 g/mol. The van der Waals surface area contributed by atoms with Crippen LogP contribution in [0.3, 0.4) is 0 Å². The number of aromatic nitrogens is 4. The topological polar surface area (TPSA) is 85.3 Å². The first-order chi connectivity index (χ1) is 18.9. The molecule has 3 fully saturated rings. The molecule has 0 unspecified atom stereocenters. The van der Waals surface area contributed by atoms with Gasteiger partial charge in [0.05, 0.1) is 11.0 Å². The Labute approximate surface area is 230 Å². The molecule has 2 saturated heterocycles. The van der Waals surface area contributed by atoms with Gasteiger partial charge in [-0.1, -0.05) is 12.6 Å². The normalized spacial score (nSPS) is 21.0. The van der Waals surface area contributed by atoms with Gasteiger partial charge in [-0.05, 0) is 76.0 Å². The molecule has 208 valence electrons. The summed E-state index contributed by atoms with van der Waals surface area (Å²) in [5.41, 5.74) is 9.20. The highest BCUT2D eigenvalue weighted by Crippen LogP contribution is 2.39. The molecule has 2 aromatic heterocycles. The number of alkyl halides is 1. The molecule has 8 nitrogen and oxygen atoms in total. The van der Waals surface area contributed by atoms with Crippen molar-refractivity contribution in [1.29, 1.82) is 0 Å². The fourth-order valence-corrected chi connectivity index (χ4v) is 6.51. The fourth-order valence-electron chi connectivity index (χ4n) is 6.51. The van der Waals surface area contributed by atoms with Crippen LogP contribution >= 0.6 is 0 Å². The minimum Gasteiger partial charge on any atom is -0.461 e. The Hall–Kier alpha value is -3.20. The van der Waals surface area contributed by atoms with E-state index in [-0.39, 0.29) is 18.1 Å². The number of rotatable bonds is 7. The number of hydrogen-bond acceptors (Lipinski definition) is 7. The molecule has 3 aromatic rings. The zero-order chi connectivity index (χ0) is 27.0. The van der Waals surface area contributed by atoms with Gasteiger partial charge in [-0.2, -0.15) is 4.98 Å². The smallest absolute Gasteiger partial charge is 0.297 e. The van der Waals surface area contributed by atoms with E-state index in [0.717, 1.165) is 61.4 Å². The van der Waals surface area contributed by atoms with Gasteiger partial charge in [-0.25, -0.2) is 14.4 Å². The van der Waals surface area contributed by atoms with Crippen molar-refractivity contribution in [2.24, 2.45) is 0 Å². The van der Waals surface area contributed by atoms with Gasteiger partial charge in [0, 0.05) is 62.4 Å². The molecule has 2 aliphatic heterocycles. The van der Waals surface area contributed by atoms with Gasteiger partial charge < -0.3 is 15.4 Å². The molecule has 1 saturated carbocycles. The molecule has 0 spiro atoms. The maximum absolute atomic E-state index is 16.2. The summed E-state index contributed by atoms with van der Waals surface area (Å²) in [7, 11) is 0. The molecule has 9 heteroatoms.